The molecule has 1 saturated heterocycles. The molecular formula is C40H26ClN3O8. The second-order valence-electron chi connectivity index (χ2n) is 12.8. The zero-order chi connectivity index (χ0) is 36.3. The fraction of sp³-hybridized carbons (Fsp3) is 0.125. The summed E-state index contributed by atoms with van der Waals surface area (Å²) in [5.41, 5.74) is 4.03. The number of hydrogen-bond acceptors (Lipinski definition) is 8. The molecule has 3 amide bonds. The number of ether oxygens (including phenoxy) is 1. The molecule has 5 aromatic rings. The number of non-ortho nitro benzene ring substituents is 1. The largest absolute Gasteiger partial charge is 0.423 e. The Bertz CT molecular complexity index is 2210. The third-order valence-corrected chi connectivity index (χ3v) is 10.2. The molecule has 0 unspecified atom stereocenters. The molecule has 0 radical (unpaired) electrons. The maximum atomic E-state index is 14.5. The monoisotopic (exact) mass is 711 g/mol. The molecule has 0 N–H and O–H groups in total. The second kappa shape index (κ2) is 12.7. The van der Waals surface area contributed by atoms with Gasteiger partial charge in [-0.05, 0) is 82.9 Å². The fourth-order valence-corrected chi connectivity index (χ4v) is 7.82. The lowest BCUT2D eigenvalue weighted by Crippen LogP contribution is -2.52. The summed E-state index contributed by atoms with van der Waals surface area (Å²) in [6.07, 6.45) is 0. The Hall–Kier alpha value is -6.46. The van der Waals surface area contributed by atoms with Crippen LogP contribution in [-0.2, 0) is 9.59 Å². The number of rotatable bonds is 8. The summed E-state index contributed by atoms with van der Waals surface area (Å²) in [4.78, 5) is 80.0. The number of carbonyl (C=O) groups is 5. The smallest absolute Gasteiger partial charge is 0.343 e. The van der Waals surface area contributed by atoms with Crippen LogP contribution < -0.4 is 4.74 Å². The van der Waals surface area contributed by atoms with E-state index in [0.717, 1.165) is 32.3 Å². The van der Waals surface area contributed by atoms with Gasteiger partial charge >= 0.3 is 5.97 Å². The summed E-state index contributed by atoms with van der Waals surface area (Å²) < 4.78 is 5.37. The number of nitro benzene ring substituents is 1. The molecule has 3 aliphatic carbocycles. The summed E-state index contributed by atoms with van der Waals surface area (Å²) >= 11 is 6.09. The standard InChI is InChI=1S/C40H26ClN3O8/c41-25-15-9-23(10-16-25)37(46)42(21-32(45)22-13-19-27(20-14-22)52-40(49)24-11-17-26(18-12-24)44(50)51)43-38(47)35-33-28-5-1-2-6-29(28)34(36(35)39(43)48)31-8-4-3-7-30(31)33/h1-20,33-36H,21H2/t33?,34?,35-,36-/m0/s1. The highest BCUT2D eigenvalue weighted by Crippen LogP contribution is 2.61. The van der Waals surface area contributed by atoms with E-state index >= 15 is 0 Å². The van der Waals surface area contributed by atoms with E-state index in [-0.39, 0.29) is 28.1 Å². The zero-order valence-corrected chi connectivity index (χ0v) is 27.8. The Morgan fingerprint density at radius 2 is 1.13 bits per heavy atom. The van der Waals surface area contributed by atoms with Gasteiger partial charge in [-0.3, -0.25) is 29.3 Å². The lowest BCUT2D eigenvalue weighted by Gasteiger charge is -2.45. The number of esters is 1. The Kier molecular flexibility index (Phi) is 7.99. The van der Waals surface area contributed by atoms with Crippen LogP contribution in [0.4, 0.5) is 5.69 Å². The summed E-state index contributed by atoms with van der Waals surface area (Å²) in [7, 11) is 0. The van der Waals surface area contributed by atoms with Crippen molar-refractivity contribution < 1.29 is 33.6 Å². The van der Waals surface area contributed by atoms with E-state index in [0.29, 0.717) is 5.02 Å². The first-order valence-corrected chi connectivity index (χ1v) is 16.7. The van der Waals surface area contributed by atoms with E-state index in [1.54, 1.807) is 0 Å². The lowest BCUT2D eigenvalue weighted by molar-refractivity contribution is -0.384. The third-order valence-electron chi connectivity index (χ3n) is 9.99. The van der Waals surface area contributed by atoms with Gasteiger partial charge in [-0.2, -0.15) is 5.01 Å². The highest BCUT2D eigenvalue weighted by atomic mass is 35.5. The molecular weight excluding hydrogens is 686 g/mol. The Labute approximate surface area is 301 Å². The van der Waals surface area contributed by atoms with Crippen molar-refractivity contribution >= 4 is 46.8 Å². The predicted molar refractivity (Wildman–Crippen MR) is 187 cm³/mol. The van der Waals surface area contributed by atoms with Gasteiger partial charge < -0.3 is 4.74 Å². The van der Waals surface area contributed by atoms with E-state index in [1.165, 1.54) is 72.8 Å². The average molecular weight is 712 g/mol. The van der Waals surface area contributed by atoms with Crippen molar-refractivity contribution in [2.75, 3.05) is 6.54 Å². The number of nitrogens with zero attached hydrogens (tertiary/aromatic N) is 3. The molecule has 12 heteroatoms. The van der Waals surface area contributed by atoms with Crippen LogP contribution in [0.5, 0.6) is 5.75 Å². The highest BCUT2D eigenvalue weighted by Gasteiger charge is 2.63. The van der Waals surface area contributed by atoms with Crippen molar-refractivity contribution in [1.82, 2.24) is 10.0 Å². The summed E-state index contributed by atoms with van der Waals surface area (Å²) in [6.45, 7) is -0.643. The maximum Gasteiger partial charge on any atom is 0.343 e. The Morgan fingerprint density at radius 3 is 1.62 bits per heavy atom. The average Bonchev–Trinajstić information content (AvgIpc) is 3.43. The fourth-order valence-electron chi connectivity index (χ4n) is 7.70. The summed E-state index contributed by atoms with van der Waals surface area (Å²) in [6, 6.07) is 32.0. The van der Waals surface area contributed by atoms with Gasteiger partial charge in [-0.15, -0.1) is 0 Å². The first-order valence-electron chi connectivity index (χ1n) is 16.3. The Balaban J connectivity index is 1.09. The van der Waals surface area contributed by atoms with Crippen LogP contribution in [0.15, 0.2) is 121 Å². The normalized spacial score (nSPS) is 19.4. The number of nitro groups is 1. The number of ketones is 1. The quantitative estimate of drug-likeness (QED) is 0.0437. The van der Waals surface area contributed by atoms with Gasteiger partial charge in [0.15, 0.2) is 5.78 Å². The molecule has 0 spiro atoms. The maximum absolute atomic E-state index is 14.5. The molecule has 1 heterocycles. The second-order valence-corrected chi connectivity index (χ2v) is 13.2. The molecule has 0 saturated carbocycles. The van der Waals surface area contributed by atoms with Gasteiger partial charge in [-0.25, -0.2) is 9.80 Å². The van der Waals surface area contributed by atoms with Crippen LogP contribution in [0.25, 0.3) is 0 Å². The van der Waals surface area contributed by atoms with Crippen molar-refractivity contribution in [2.24, 2.45) is 11.8 Å². The van der Waals surface area contributed by atoms with Gasteiger partial charge in [0.25, 0.3) is 23.4 Å². The van der Waals surface area contributed by atoms with Crippen molar-refractivity contribution in [3.63, 3.8) is 0 Å². The Morgan fingerprint density at radius 1 is 0.673 bits per heavy atom. The van der Waals surface area contributed by atoms with E-state index in [1.807, 2.05) is 48.5 Å². The first-order chi connectivity index (χ1) is 25.1. The minimum absolute atomic E-state index is 0.0854. The number of hydrogen-bond donors (Lipinski definition) is 0. The van der Waals surface area contributed by atoms with Crippen LogP contribution in [0, 0.1) is 22.0 Å². The number of Topliss-reactive ketones (excluding diaryl/α,β-unsaturated/α-hetero) is 1. The zero-order valence-electron chi connectivity index (χ0n) is 27.0. The number of imide groups is 1. The van der Waals surface area contributed by atoms with E-state index in [2.05, 4.69) is 0 Å². The molecule has 9 rings (SSSR count). The number of benzene rings is 5. The number of amides is 3. The lowest BCUT2D eigenvalue weighted by atomic mass is 9.55. The summed E-state index contributed by atoms with van der Waals surface area (Å²) in [5.74, 6) is -5.47. The van der Waals surface area contributed by atoms with Gasteiger partial charge in [0, 0.05) is 40.1 Å². The molecule has 5 aromatic carbocycles. The van der Waals surface area contributed by atoms with Crippen molar-refractivity contribution in [1.29, 1.82) is 0 Å². The minimum Gasteiger partial charge on any atom is -0.423 e. The molecule has 52 heavy (non-hydrogen) atoms. The van der Waals surface area contributed by atoms with E-state index in [4.69, 9.17) is 16.3 Å². The van der Waals surface area contributed by atoms with Crippen LogP contribution >= 0.6 is 11.6 Å². The van der Waals surface area contributed by atoms with Crippen LogP contribution in [-0.4, -0.2) is 51.0 Å². The van der Waals surface area contributed by atoms with E-state index < -0.39 is 64.6 Å². The first kappa shape index (κ1) is 32.7. The molecule has 2 bridgehead atoms. The van der Waals surface area contributed by atoms with Gasteiger partial charge in [0.05, 0.1) is 22.3 Å². The molecule has 4 aliphatic rings. The van der Waals surface area contributed by atoms with Crippen LogP contribution in [0.2, 0.25) is 5.02 Å². The molecule has 1 aliphatic heterocycles. The number of halogens is 1. The minimum atomic E-state index is -0.775. The SMILES string of the molecule is O=C(CN(C(=O)c1ccc(Cl)cc1)N1C(=O)[C@H]2C3c4ccccc4C(c4ccccc43)[C@@H]2C1=O)c1ccc(OC(=O)c2ccc([N+](=O)[O-])cc2)cc1. The molecule has 11 nitrogen and oxygen atoms in total. The molecule has 0 aromatic heterocycles. The summed E-state index contributed by atoms with van der Waals surface area (Å²) in [5, 5.41) is 13.1. The van der Waals surface area contributed by atoms with Crippen LogP contribution in [0.1, 0.15) is 65.2 Å². The predicted octanol–water partition coefficient (Wildman–Crippen LogP) is 6.60. The third kappa shape index (κ3) is 5.33. The molecule has 1 fully saturated rings. The van der Waals surface area contributed by atoms with Gasteiger partial charge in [0.1, 0.15) is 12.3 Å². The van der Waals surface area contributed by atoms with Crippen molar-refractivity contribution in [3.05, 3.63) is 175 Å². The van der Waals surface area contributed by atoms with Gasteiger partial charge in [-0.1, -0.05) is 60.1 Å². The van der Waals surface area contributed by atoms with Gasteiger partial charge in [0.2, 0.25) is 0 Å². The van der Waals surface area contributed by atoms with Crippen molar-refractivity contribution in [2.45, 2.75) is 11.8 Å². The molecule has 2 atom stereocenters. The van der Waals surface area contributed by atoms with Crippen LogP contribution in [0.3, 0.4) is 0 Å². The van der Waals surface area contributed by atoms with E-state index in [9.17, 15) is 34.1 Å². The number of hydrazine groups is 1. The highest BCUT2D eigenvalue weighted by molar-refractivity contribution is 6.30. The number of carbonyl (C=O) groups excluding carboxylic acids is 5. The molecule has 256 valence electrons. The topological polar surface area (TPSA) is 144 Å². The van der Waals surface area contributed by atoms with Crippen molar-refractivity contribution in [3.8, 4) is 5.75 Å².